The van der Waals surface area contributed by atoms with Crippen molar-refractivity contribution in [1.29, 1.82) is 0 Å². The van der Waals surface area contributed by atoms with Crippen molar-refractivity contribution in [3.05, 3.63) is 102 Å². The van der Waals surface area contributed by atoms with Crippen molar-refractivity contribution in [3.8, 4) is 0 Å². The molecule has 0 saturated carbocycles. The van der Waals surface area contributed by atoms with E-state index >= 15 is 0 Å². The second kappa shape index (κ2) is 9.70. The van der Waals surface area contributed by atoms with Crippen LogP contribution in [0.4, 0.5) is 20.6 Å². The fourth-order valence-corrected chi connectivity index (χ4v) is 3.66. The van der Waals surface area contributed by atoms with Crippen LogP contribution in [0.3, 0.4) is 0 Å². The minimum atomic E-state index is -0.596. The molecule has 0 fully saturated rings. The van der Waals surface area contributed by atoms with E-state index < -0.39 is 17.8 Å². The number of nitrogens with one attached hydrogen (secondary N) is 2. The normalized spacial score (nSPS) is 11.6. The largest absolute Gasteiger partial charge is 0.332 e. The number of thiol groups is 1. The molecule has 0 bridgehead atoms. The van der Waals surface area contributed by atoms with Crippen LogP contribution >= 0.6 is 12.8 Å². The summed E-state index contributed by atoms with van der Waals surface area (Å²) in [5.41, 5.74) is 2.72. The number of anilines is 2. The van der Waals surface area contributed by atoms with Crippen LogP contribution < -0.4 is 14.9 Å². The van der Waals surface area contributed by atoms with Gasteiger partial charge >= 0.3 is 6.03 Å². The van der Waals surface area contributed by atoms with Crippen molar-refractivity contribution in [2.24, 2.45) is 0 Å². The number of amides is 3. The summed E-state index contributed by atoms with van der Waals surface area (Å²) < 4.78 is 15.0. The summed E-state index contributed by atoms with van der Waals surface area (Å²) in [6.07, 6.45) is 1.72. The molecule has 33 heavy (non-hydrogen) atoms. The zero-order chi connectivity index (χ0) is 23.4. The minimum absolute atomic E-state index is 0.0469. The first kappa shape index (κ1) is 22.3. The van der Waals surface area contributed by atoms with E-state index in [9.17, 15) is 14.0 Å². The van der Waals surface area contributed by atoms with Crippen molar-refractivity contribution in [2.45, 2.75) is 13.0 Å². The van der Waals surface area contributed by atoms with Crippen LogP contribution in [0.2, 0.25) is 0 Å². The van der Waals surface area contributed by atoms with E-state index in [0.29, 0.717) is 11.4 Å². The maximum Gasteiger partial charge on any atom is 0.332 e. The zero-order valence-corrected chi connectivity index (χ0v) is 18.6. The number of rotatable bonds is 5. The average molecular weight is 461 g/mol. The third-order valence-electron chi connectivity index (χ3n) is 5.17. The summed E-state index contributed by atoms with van der Waals surface area (Å²) in [6, 6.07) is 21.2. The van der Waals surface area contributed by atoms with Crippen LogP contribution in [0, 0.1) is 5.82 Å². The number of para-hydroxylation sites is 1. The SMILES string of the molecule is CC(NC(=O)N(S)c1ccc(NC(=O)c2ccccc2F)cc1)c1ccnc2ccccc12. The molecule has 3 amide bonds. The molecule has 4 rings (SSSR count). The summed E-state index contributed by atoms with van der Waals surface area (Å²) in [7, 11) is 0. The van der Waals surface area contributed by atoms with Gasteiger partial charge in [-0.1, -0.05) is 43.1 Å². The van der Waals surface area contributed by atoms with Gasteiger partial charge in [-0.2, -0.15) is 0 Å². The van der Waals surface area contributed by atoms with Gasteiger partial charge in [0.05, 0.1) is 22.8 Å². The number of fused-ring (bicyclic) bond motifs is 1. The molecular weight excluding hydrogens is 439 g/mol. The molecule has 0 aliphatic rings. The van der Waals surface area contributed by atoms with Crippen LogP contribution in [0.5, 0.6) is 0 Å². The fourth-order valence-electron chi connectivity index (χ4n) is 3.47. The number of aromatic nitrogens is 1. The summed E-state index contributed by atoms with van der Waals surface area (Å²) in [5, 5.41) is 6.53. The van der Waals surface area contributed by atoms with Gasteiger partial charge in [-0.15, -0.1) is 0 Å². The van der Waals surface area contributed by atoms with Gasteiger partial charge in [-0.25, -0.2) is 13.5 Å². The van der Waals surface area contributed by atoms with Gasteiger partial charge in [0.25, 0.3) is 5.91 Å². The summed E-state index contributed by atoms with van der Waals surface area (Å²) in [6.45, 7) is 1.89. The molecule has 0 radical (unpaired) electrons. The maximum atomic E-state index is 13.8. The van der Waals surface area contributed by atoms with E-state index in [2.05, 4.69) is 28.4 Å². The highest BCUT2D eigenvalue weighted by Gasteiger charge is 2.18. The Kier molecular flexibility index (Phi) is 6.55. The molecule has 4 aromatic rings. The van der Waals surface area contributed by atoms with Crippen molar-refractivity contribution in [1.82, 2.24) is 10.3 Å². The maximum absolute atomic E-state index is 13.8. The van der Waals surface area contributed by atoms with Crippen LogP contribution in [-0.4, -0.2) is 16.9 Å². The highest BCUT2D eigenvalue weighted by molar-refractivity contribution is 7.82. The molecule has 0 saturated heterocycles. The topological polar surface area (TPSA) is 74.3 Å². The number of benzene rings is 3. The lowest BCUT2D eigenvalue weighted by molar-refractivity contribution is 0.102. The van der Waals surface area contributed by atoms with Gasteiger partial charge in [0.2, 0.25) is 0 Å². The summed E-state index contributed by atoms with van der Waals surface area (Å²) >= 11 is 4.32. The van der Waals surface area contributed by atoms with Crippen LogP contribution in [-0.2, 0) is 0 Å². The number of carbonyl (C=O) groups is 2. The molecule has 1 heterocycles. The molecule has 8 heteroatoms. The van der Waals surface area contributed by atoms with Gasteiger partial charge in [-0.3, -0.25) is 9.78 Å². The molecule has 6 nitrogen and oxygen atoms in total. The lowest BCUT2D eigenvalue weighted by atomic mass is 10.0. The second-order valence-corrected chi connectivity index (χ2v) is 7.78. The Hall–Kier alpha value is -3.91. The predicted octanol–water partition coefficient (Wildman–Crippen LogP) is 5.75. The quantitative estimate of drug-likeness (QED) is 0.332. The summed E-state index contributed by atoms with van der Waals surface area (Å²) in [4.78, 5) is 29.4. The molecule has 1 unspecified atom stereocenters. The lowest BCUT2D eigenvalue weighted by Gasteiger charge is -2.21. The monoisotopic (exact) mass is 460 g/mol. The van der Waals surface area contributed by atoms with Gasteiger partial charge in [0.1, 0.15) is 5.82 Å². The molecular formula is C25H21FN4O2S. The number of nitrogens with zero attached hydrogens (tertiary/aromatic N) is 2. The van der Waals surface area contributed by atoms with Gasteiger partial charge in [0, 0.05) is 17.3 Å². The molecule has 0 aliphatic heterocycles. The average Bonchev–Trinajstić information content (AvgIpc) is 2.83. The lowest BCUT2D eigenvalue weighted by Crippen LogP contribution is -2.35. The van der Waals surface area contributed by atoms with Crippen LogP contribution in [0.1, 0.15) is 28.9 Å². The minimum Gasteiger partial charge on any atom is -0.330 e. The van der Waals surface area contributed by atoms with E-state index in [0.717, 1.165) is 16.5 Å². The first-order valence-electron chi connectivity index (χ1n) is 10.2. The molecule has 1 atom stereocenters. The molecule has 2 N–H and O–H groups in total. The first-order valence-corrected chi connectivity index (χ1v) is 10.6. The Morgan fingerprint density at radius 1 is 0.970 bits per heavy atom. The van der Waals surface area contributed by atoms with Gasteiger partial charge in [0.15, 0.2) is 0 Å². The molecule has 1 aromatic heterocycles. The highest BCUT2D eigenvalue weighted by Crippen LogP contribution is 2.24. The molecule has 166 valence electrons. The van der Waals surface area contributed by atoms with Crippen molar-refractivity contribution >= 4 is 47.0 Å². The number of hydrogen-bond donors (Lipinski definition) is 3. The Morgan fingerprint density at radius 3 is 2.42 bits per heavy atom. The summed E-state index contributed by atoms with van der Waals surface area (Å²) in [5.74, 6) is -1.15. The highest BCUT2D eigenvalue weighted by atomic mass is 32.1. The Labute approximate surface area is 196 Å². The second-order valence-electron chi connectivity index (χ2n) is 7.38. The standard InChI is InChI=1S/C25H21FN4O2S/c1-16(19-14-15-27-23-9-5-3-6-20(19)23)28-25(32)30(33)18-12-10-17(11-13-18)29-24(31)21-7-2-4-8-22(21)26/h2-16,33H,1H3,(H,28,32)(H,29,31). The first-order chi connectivity index (χ1) is 15.9. The Bertz CT molecular complexity index is 1310. The molecule has 0 aliphatic carbocycles. The molecule has 3 aromatic carbocycles. The molecule has 0 spiro atoms. The van der Waals surface area contributed by atoms with E-state index in [1.807, 2.05) is 37.3 Å². The number of carbonyl (C=O) groups excluding carboxylic acids is 2. The smallest absolute Gasteiger partial charge is 0.330 e. The third kappa shape index (κ3) is 4.96. The Morgan fingerprint density at radius 2 is 1.67 bits per heavy atom. The van der Waals surface area contributed by atoms with Gasteiger partial charge in [-0.05, 0) is 61.0 Å². The van der Waals surface area contributed by atoms with Crippen molar-refractivity contribution in [2.75, 3.05) is 9.62 Å². The van der Waals surface area contributed by atoms with Gasteiger partial charge < -0.3 is 10.6 Å². The van der Waals surface area contributed by atoms with Crippen molar-refractivity contribution in [3.63, 3.8) is 0 Å². The fraction of sp³-hybridized carbons (Fsp3) is 0.0800. The number of halogens is 1. The van der Waals surface area contributed by atoms with E-state index in [1.54, 1.807) is 36.5 Å². The van der Waals surface area contributed by atoms with E-state index in [1.165, 1.54) is 22.5 Å². The Balaban J connectivity index is 1.42. The van der Waals surface area contributed by atoms with Crippen LogP contribution in [0.15, 0.2) is 85.1 Å². The number of hydrogen-bond acceptors (Lipinski definition) is 4. The van der Waals surface area contributed by atoms with Crippen molar-refractivity contribution < 1.29 is 14.0 Å². The van der Waals surface area contributed by atoms with E-state index in [4.69, 9.17) is 0 Å². The zero-order valence-electron chi connectivity index (χ0n) is 17.7. The third-order valence-corrected chi connectivity index (χ3v) is 5.58. The number of pyridine rings is 1. The predicted molar refractivity (Wildman–Crippen MR) is 131 cm³/mol. The van der Waals surface area contributed by atoms with Crippen LogP contribution in [0.25, 0.3) is 10.9 Å². The van der Waals surface area contributed by atoms with E-state index in [-0.39, 0.29) is 11.6 Å². The number of urea groups is 1.